The molecule has 2 aliphatic rings. The minimum Gasteiger partial charge on any atom is -0.478 e. The van der Waals surface area contributed by atoms with Crippen molar-refractivity contribution in [2.75, 3.05) is 6.54 Å². The lowest BCUT2D eigenvalue weighted by atomic mass is 9.95. The molecule has 14 heavy (non-hydrogen) atoms. The Morgan fingerprint density at radius 1 is 1.57 bits per heavy atom. The summed E-state index contributed by atoms with van der Waals surface area (Å²) in [4.78, 5) is 10.6. The van der Waals surface area contributed by atoms with Crippen molar-refractivity contribution in [3.8, 4) is 0 Å². The number of carboxylic acid groups (broad SMARTS) is 1. The smallest absolute Gasteiger partial charge is 0.370 e. The molecule has 0 aromatic rings. The number of nitrogens with two attached hydrogens (primary N) is 1. The van der Waals surface area contributed by atoms with Crippen molar-refractivity contribution in [1.29, 1.82) is 0 Å². The Balaban J connectivity index is 2.17. The molecule has 2 unspecified atom stereocenters. The third-order valence-corrected chi connectivity index (χ3v) is 2.34. The molecule has 3 N–H and O–H groups in total. The standard InChI is InChI=1S/C10H11NO3/c11-5-6-1-2-7-4-9(10(12)13)14-8(7)3-6/h1-4,7-8H,5,11H2,(H,12,13). The SMILES string of the molecule is NCC1=CC2OC(C(=O)O)=CC2C=C1. The van der Waals surface area contributed by atoms with E-state index in [2.05, 4.69) is 0 Å². The molecule has 2 atom stereocenters. The Morgan fingerprint density at radius 3 is 3.00 bits per heavy atom. The first-order valence-corrected chi connectivity index (χ1v) is 4.41. The van der Waals surface area contributed by atoms with Gasteiger partial charge >= 0.3 is 5.97 Å². The number of fused-ring (bicyclic) bond motifs is 1. The van der Waals surface area contributed by atoms with Gasteiger partial charge in [-0.05, 0) is 17.7 Å². The van der Waals surface area contributed by atoms with Crippen LogP contribution in [-0.4, -0.2) is 23.7 Å². The lowest BCUT2D eigenvalue weighted by Crippen LogP contribution is -2.18. The summed E-state index contributed by atoms with van der Waals surface area (Å²) < 4.78 is 5.24. The maximum atomic E-state index is 10.6. The summed E-state index contributed by atoms with van der Waals surface area (Å²) >= 11 is 0. The summed E-state index contributed by atoms with van der Waals surface area (Å²) in [5.41, 5.74) is 6.45. The number of carboxylic acids is 1. The van der Waals surface area contributed by atoms with Crippen LogP contribution in [0.1, 0.15) is 0 Å². The molecule has 1 heterocycles. The third-order valence-electron chi connectivity index (χ3n) is 2.34. The van der Waals surface area contributed by atoms with Gasteiger partial charge in [0.25, 0.3) is 0 Å². The van der Waals surface area contributed by atoms with Crippen LogP contribution in [0.2, 0.25) is 0 Å². The second-order valence-electron chi connectivity index (χ2n) is 3.30. The molecule has 0 fully saturated rings. The van der Waals surface area contributed by atoms with E-state index in [1.165, 1.54) is 0 Å². The lowest BCUT2D eigenvalue weighted by molar-refractivity contribution is -0.136. The summed E-state index contributed by atoms with van der Waals surface area (Å²) in [5.74, 6) is -0.953. The van der Waals surface area contributed by atoms with Gasteiger partial charge in [-0.25, -0.2) is 4.79 Å². The maximum absolute atomic E-state index is 10.6. The van der Waals surface area contributed by atoms with Gasteiger partial charge in [0.1, 0.15) is 6.10 Å². The molecule has 0 amide bonds. The van der Waals surface area contributed by atoms with Gasteiger partial charge in [0.15, 0.2) is 0 Å². The van der Waals surface area contributed by atoms with Gasteiger partial charge in [0.05, 0.1) is 0 Å². The predicted molar refractivity (Wildman–Crippen MR) is 50.4 cm³/mol. The predicted octanol–water partition coefficient (Wildman–Crippen LogP) is 0.425. The molecule has 4 nitrogen and oxygen atoms in total. The van der Waals surface area contributed by atoms with Crippen molar-refractivity contribution in [2.45, 2.75) is 6.10 Å². The van der Waals surface area contributed by atoms with Crippen LogP contribution in [0.4, 0.5) is 0 Å². The first-order valence-electron chi connectivity index (χ1n) is 4.41. The molecule has 0 aromatic heterocycles. The molecule has 0 radical (unpaired) electrons. The van der Waals surface area contributed by atoms with Crippen LogP contribution in [0.15, 0.2) is 35.6 Å². The van der Waals surface area contributed by atoms with E-state index < -0.39 is 5.97 Å². The molecule has 0 aromatic carbocycles. The average Bonchev–Trinajstić information content (AvgIpc) is 2.59. The van der Waals surface area contributed by atoms with Gasteiger partial charge in [-0.3, -0.25) is 0 Å². The molecule has 0 saturated heterocycles. The molecular weight excluding hydrogens is 182 g/mol. The van der Waals surface area contributed by atoms with Crippen LogP contribution < -0.4 is 5.73 Å². The largest absolute Gasteiger partial charge is 0.478 e. The van der Waals surface area contributed by atoms with Crippen molar-refractivity contribution < 1.29 is 14.6 Å². The van der Waals surface area contributed by atoms with Crippen molar-refractivity contribution in [2.24, 2.45) is 11.7 Å². The molecule has 1 aliphatic heterocycles. The van der Waals surface area contributed by atoms with Gasteiger partial charge in [-0.15, -0.1) is 0 Å². The third kappa shape index (κ3) is 1.44. The minimum atomic E-state index is -1.02. The van der Waals surface area contributed by atoms with Crippen molar-refractivity contribution in [1.82, 2.24) is 0 Å². The van der Waals surface area contributed by atoms with Crippen LogP contribution in [0, 0.1) is 5.92 Å². The lowest BCUT2D eigenvalue weighted by Gasteiger charge is -2.17. The molecule has 0 spiro atoms. The highest BCUT2D eigenvalue weighted by Crippen LogP contribution is 2.29. The number of hydrogen-bond acceptors (Lipinski definition) is 3. The van der Waals surface area contributed by atoms with Crippen LogP contribution in [0.25, 0.3) is 0 Å². The number of aliphatic carboxylic acids is 1. The molecule has 4 heteroatoms. The highest BCUT2D eigenvalue weighted by Gasteiger charge is 2.30. The van der Waals surface area contributed by atoms with E-state index in [4.69, 9.17) is 15.6 Å². The van der Waals surface area contributed by atoms with Crippen LogP contribution in [0.5, 0.6) is 0 Å². The highest BCUT2D eigenvalue weighted by atomic mass is 16.5. The monoisotopic (exact) mass is 193 g/mol. The first kappa shape index (κ1) is 9.02. The normalized spacial score (nSPS) is 28.9. The van der Waals surface area contributed by atoms with Crippen LogP contribution in [-0.2, 0) is 9.53 Å². The number of carbonyl (C=O) groups is 1. The summed E-state index contributed by atoms with van der Waals surface area (Å²) in [5, 5.41) is 8.72. The van der Waals surface area contributed by atoms with Gasteiger partial charge in [-0.1, -0.05) is 12.2 Å². The Bertz CT molecular complexity index is 354. The molecule has 2 rings (SSSR count). The maximum Gasteiger partial charge on any atom is 0.370 e. The Morgan fingerprint density at radius 2 is 2.36 bits per heavy atom. The topological polar surface area (TPSA) is 72.5 Å². The van der Waals surface area contributed by atoms with E-state index in [9.17, 15) is 4.79 Å². The minimum absolute atomic E-state index is 0.0270. The zero-order valence-corrected chi connectivity index (χ0v) is 7.51. The van der Waals surface area contributed by atoms with E-state index in [0.717, 1.165) is 5.57 Å². The van der Waals surface area contributed by atoms with E-state index >= 15 is 0 Å². The van der Waals surface area contributed by atoms with E-state index in [1.54, 1.807) is 6.08 Å². The molecule has 0 bridgehead atoms. The summed E-state index contributed by atoms with van der Waals surface area (Å²) in [6.45, 7) is 0.450. The fraction of sp³-hybridized carbons (Fsp3) is 0.300. The Labute approximate surface area is 81.4 Å². The van der Waals surface area contributed by atoms with Gasteiger partial charge in [0, 0.05) is 12.5 Å². The fourth-order valence-corrected chi connectivity index (χ4v) is 1.60. The zero-order chi connectivity index (χ0) is 10.1. The average molecular weight is 193 g/mol. The van der Waals surface area contributed by atoms with Crippen LogP contribution in [0.3, 0.4) is 0 Å². The van der Waals surface area contributed by atoms with Crippen molar-refractivity contribution in [3.05, 3.63) is 35.6 Å². The fourth-order valence-electron chi connectivity index (χ4n) is 1.60. The van der Waals surface area contributed by atoms with E-state index in [-0.39, 0.29) is 17.8 Å². The molecule has 0 saturated carbocycles. The summed E-state index contributed by atoms with van der Waals surface area (Å²) in [6.07, 6.45) is 7.13. The summed E-state index contributed by atoms with van der Waals surface area (Å²) in [6, 6.07) is 0. The Hall–Kier alpha value is -1.55. The highest BCUT2D eigenvalue weighted by molar-refractivity contribution is 5.85. The first-order chi connectivity index (χ1) is 6.70. The number of hydrogen-bond donors (Lipinski definition) is 2. The molecule has 1 aliphatic carbocycles. The van der Waals surface area contributed by atoms with E-state index in [1.807, 2.05) is 18.2 Å². The molecular formula is C10H11NO3. The van der Waals surface area contributed by atoms with Gasteiger partial charge < -0.3 is 15.6 Å². The molecule has 74 valence electrons. The zero-order valence-electron chi connectivity index (χ0n) is 7.51. The quantitative estimate of drug-likeness (QED) is 0.666. The summed E-state index contributed by atoms with van der Waals surface area (Å²) in [7, 11) is 0. The van der Waals surface area contributed by atoms with Crippen molar-refractivity contribution >= 4 is 5.97 Å². The van der Waals surface area contributed by atoms with Gasteiger partial charge in [0.2, 0.25) is 5.76 Å². The van der Waals surface area contributed by atoms with Gasteiger partial charge in [-0.2, -0.15) is 0 Å². The van der Waals surface area contributed by atoms with Crippen molar-refractivity contribution in [3.63, 3.8) is 0 Å². The second kappa shape index (κ2) is 3.31. The second-order valence-corrected chi connectivity index (χ2v) is 3.30. The number of rotatable bonds is 2. The van der Waals surface area contributed by atoms with E-state index in [0.29, 0.717) is 6.54 Å². The number of ether oxygens (including phenoxy) is 1. The van der Waals surface area contributed by atoms with Crippen LogP contribution >= 0.6 is 0 Å². The Kier molecular flexibility index (Phi) is 2.13.